The molecule has 3 aromatic rings. The van der Waals surface area contributed by atoms with Crippen LogP contribution in [-0.4, -0.2) is 36.4 Å². The minimum absolute atomic E-state index is 0.129. The van der Waals surface area contributed by atoms with Crippen LogP contribution in [0.25, 0.3) is 11.5 Å². The lowest BCUT2D eigenvalue weighted by Crippen LogP contribution is -2.25. The molecule has 0 radical (unpaired) electrons. The van der Waals surface area contributed by atoms with Crippen LogP contribution < -0.4 is 4.90 Å². The van der Waals surface area contributed by atoms with Gasteiger partial charge in [0.05, 0.1) is 6.04 Å². The zero-order valence-electron chi connectivity index (χ0n) is 14.7. The predicted octanol–water partition coefficient (Wildman–Crippen LogP) is 2.92. The van der Waals surface area contributed by atoms with E-state index in [1.54, 1.807) is 6.20 Å². The van der Waals surface area contributed by atoms with Gasteiger partial charge in [-0.05, 0) is 45.7 Å². The number of nitrogens with zero attached hydrogens (tertiary/aromatic N) is 6. The second-order valence-electron chi connectivity index (χ2n) is 6.48. The molecule has 1 aliphatic heterocycles. The Labute approximate surface area is 146 Å². The van der Waals surface area contributed by atoms with Gasteiger partial charge >= 0.3 is 0 Å². The Morgan fingerprint density at radius 2 is 2.00 bits per heavy atom. The van der Waals surface area contributed by atoms with Crippen molar-refractivity contribution in [3.63, 3.8) is 0 Å². The number of imidazole rings is 1. The number of aryl methyl sites for hydroxylation is 3. The molecule has 0 aliphatic carbocycles. The molecule has 1 N–H and O–H groups in total. The van der Waals surface area contributed by atoms with Crippen LogP contribution in [0, 0.1) is 20.8 Å². The molecule has 0 saturated carbocycles. The molecule has 0 amide bonds. The van der Waals surface area contributed by atoms with Crippen molar-refractivity contribution in [3.05, 3.63) is 47.6 Å². The van der Waals surface area contributed by atoms with Gasteiger partial charge in [0.15, 0.2) is 11.6 Å². The van der Waals surface area contributed by atoms with E-state index in [1.807, 2.05) is 39.1 Å². The van der Waals surface area contributed by atoms with Crippen molar-refractivity contribution >= 4 is 5.82 Å². The topological polar surface area (TPSA) is 83.5 Å². The Kier molecular flexibility index (Phi) is 3.91. The van der Waals surface area contributed by atoms with Crippen LogP contribution in [-0.2, 0) is 0 Å². The highest BCUT2D eigenvalue weighted by Crippen LogP contribution is 2.34. The first-order valence-corrected chi connectivity index (χ1v) is 8.54. The summed E-state index contributed by atoms with van der Waals surface area (Å²) in [5, 5.41) is 0. The predicted molar refractivity (Wildman–Crippen MR) is 95.2 cm³/mol. The third-order valence-corrected chi connectivity index (χ3v) is 4.42. The maximum atomic E-state index is 4.81. The number of hydrogen-bond donors (Lipinski definition) is 1. The molecule has 128 valence electrons. The number of H-pyrrole nitrogens is 1. The zero-order valence-corrected chi connectivity index (χ0v) is 14.7. The molecule has 4 rings (SSSR count). The Morgan fingerprint density at radius 3 is 2.76 bits per heavy atom. The summed E-state index contributed by atoms with van der Waals surface area (Å²) in [6.45, 7) is 6.85. The Morgan fingerprint density at radius 1 is 1.12 bits per heavy atom. The molecule has 0 unspecified atom stereocenters. The highest BCUT2D eigenvalue weighted by atomic mass is 15.3. The van der Waals surface area contributed by atoms with E-state index < -0.39 is 0 Å². The monoisotopic (exact) mass is 335 g/mol. The van der Waals surface area contributed by atoms with Crippen molar-refractivity contribution in [2.75, 3.05) is 11.4 Å². The fourth-order valence-corrected chi connectivity index (χ4v) is 3.32. The van der Waals surface area contributed by atoms with Crippen molar-refractivity contribution in [1.29, 1.82) is 0 Å². The molecule has 1 aliphatic rings. The highest BCUT2D eigenvalue weighted by Gasteiger charge is 2.30. The van der Waals surface area contributed by atoms with Gasteiger partial charge in [0, 0.05) is 30.3 Å². The normalized spacial score (nSPS) is 17.2. The fraction of sp³-hybridized carbons (Fsp3) is 0.389. The van der Waals surface area contributed by atoms with E-state index in [9.17, 15) is 0 Å². The summed E-state index contributed by atoms with van der Waals surface area (Å²) in [6, 6.07) is 4.05. The van der Waals surface area contributed by atoms with Gasteiger partial charge in [-0.2, -0.15) is 0 Å². The summed E-state index contributed by atoms with van der Waals surface area (Å²) in [5.74, 6) is 3.33. The van der Waals surface area contributed by atoms with Crippen molar-refractivity contribution < 1.29 is 0 Å². The maximum Gasteiger partial charge on any atom is 0.156 e. The minimum atomic E-state index is 0.129. The van der Waals surface area contributed by atoms with Crippen molar-refractivity contribution in [3.8, 4) is 11.5 Å². The van der Waals surface area contributed by atoms with E-state index >= 15 is 0 Å². The summed E-state index contributed by atoms with van der Waals surface area (Å²) in [6.07, 6.45) is 5.74. The number of rotatable bonds is 3. The zero-order chi connectivity index (χ0) is 17.4. The molecule has 0 bridgehead atoms. The number of aromatic nitrogens is 6. The SMILES string of the molecule is Cc1cc(-c2ncc(C)[nH]2)nc([C@H]2CCCN2c2ccnc(C)n2)n1. The van der Waals surface area contributed by atoms with Crippen molar-refractivity contribution in [1.82, 2.24) is 29.9 Å². The molecule has 1 atom stereocenters. The molecular formula is C18H21N7. The molecule has 7 nitrogen and oxygen atoms in total. The maximum absolute atomic E-state index is 4.81. The van der Waals surface area contributed by atoms with Gasteiger partial charge in [-0.25, -0.2) is 24.9 Å². The average molecular weight is 335 g/mol. The van der Waals surface area contributed by atoms with Crippen LogP contribution in [0.1, 0.15) is 41.9 Å². The smallest absolute Gasteiger partial charge is 0.156 e. The first kappa shape index (κ1) is 15.7. The third-order valence-electron chi connectivity index (χ3n) is 4.42. The molecule has 1 saturated heterocycles. The molecule has 4 heterocycles. The van der Waals surface area contributed by atoms with Crippen molar-refractivity contribution in [2.24, 2.45) is 0 Å². The second-order valence-corrected chi connectivity index (χ2v) is 6.48. The van der Waals surface area contributed by atoms with E-state index in [-0.39, 0.29) is 6.04 Å². The lowest BCUT2D eigenvalue weighted by molar-refractivity contribution is 0.656. The molecule has 0 aromatic carbocycles. The van der Waals surface area contributed by atoms with E-state index in [1.165, 1.54) is 0 Å². The summed E-state index contributed by atoms with van der Waals surface area (Å²) in [7, 11) is 0. The van der Waals surface area contributed by atoms with Crippen LogP contribution in [0.5, 0.6) is 0 Å². The number of nitrogens with one attached hydrogen (secondary N) is 1. The number of aromatic amines is 1. The number of hydrogen-bond acceptors (Lipinski definition) is 6. The quantitative estimate of drug-likeness (QED) is 0.792. The Balaban J connectivity index is 1.72. The summed E-state index contributed by atoms with van der Waals surface area (Å²) < 4.78 is 0. The summed E-state index contributed by atoms with van der Waals surface area (Å²) in [5.41, 5.74) is 2.80. The van der Waals surface area contributed by atoms with Crippen LogP contribution in [0.15, 0.2) is 24.5 Å². The second kappa shape index (κ2) is 6.23. The van der Waals surface area contributed by atoms with Gasteiger partial charge in [0.25, 0.3) is 0 Å². The first-order chi connectivity index (χ1) is 12.1. The molecule has 25 heavy (non-hydrogen) atoms. The van der Waals surface area contributed by atoms with Crippen LogP contribution in [0.4, 0.5) is 5.82 Å². The van der Waals surface area contributed by atoms with E-state index in [2.05, 4.69) is 24.8 Å². The lowest BCUT2D eigenvalue weighted by Gasteiger charge is -2.25. The van der Waals surface area contributed by atoms with E-state index in [4.69, 9.17) is 9.97 Å². The third kappa shape index (κ3) is 3.09. The fourth-order valence-electron chi connectivity index (χ4n) is 3.32. The minimum Gasteiger partial charge on any atom is -0.346 e. The van der Waals surface area contributed by atoms with Crippen LogP contribution in [0.2, 0.25) is 0 Å². The lowest BCUT2D eigenvalue weighted by atomic mass is 10.2. The number of anilines is 1. The van der Waals surface area contributed by atoms with Gasteiger partial charge < -0.3 is 9.88 Å². The van der Waals surface area contributed by atoms with Crippen molar-refractivity contribution in [2.45, 2.75) is 39.7 Å². The summed E-state index contributed by atoms with van der Waals surface area (Å²) >= 11 is 0. The van der Waals surface area contributed by atoms with Crippen LogP contribution >= 0.6 is 0 Å². The Bertz CT molecular complexity index is 902. The Hall–Kier alpha value is -2.83. The van der Waals surface area contributed by atoms with Gasteiger partial charge in [-0.3, -0.25) is 0 Å². The van der Waals surface area contributed by atoms with E-state index in [0.29, 0.717) is 0 Å². The van der Waals surface area contributed by atoms with Gasteiger partial charge in [0.2, 0.25) is 0 Å². The molecule has 3 aromatic heterocycles. The van der Waals surface area contributed by atoms with Gasteiger partial charge in [-0.15, -0.1) is 0 Å². The van der Waals surface area contributed by atoms with Gasteiger partial charge in [-0.1, -0.05) is 0 Å². The molecule has 7 heteroatoms. The highest BCUT2D eigenvalue weighted by molar-refractivity contribution is 5.51. The standard InChI is InChI=1S/C18H21N7/c1-11-9-14(17-20-10-12(2)22-17)24-18(21-11)15-5-4-8-25(15)16-6-7-19-13(3)23-16/h6-7,9-10,15H,4-5,8H2,1-3H3,(H,20,22)/t15-/m1/s1. The largest absolute Gasteiger partial charge is 0.346 e. The average Bonchev–Trinajstić information content (AvgIpc) is 3.23. The molecule has 1 fully saturated rings. The summed E-state index contributed by atoms with van der Waals surface area (Å²) in [4.78, 5) is 28.2. The van der Waals surface area contributed by atoms with E-state index in [0.717, 1.165) is 59.8 Å². The van der Waals surface area contributed by atoms with Gasteiger partial charge in [0.1, 0.15) is 17.3 Å². The first-order valence-electron chi connectivity index (χ1n) is 8.54. The molecule has 0 spiro atoms. The van der Waals surface area contributed by atoms with Crippen LogP contribution in [0.3, 0.4) is 0 Å². The molecular weight excluding hydrogens is 314 g/mol.